The van der Waals surface area contributed by atoms with Gasteiger partial charge in [-0.05, 0) is 38.7 Å². The first-order chi connectivity index (χ1) is 10.3. The first-order valence-corrected chi connectivity index (χ1v) is 7.64. The van der Waals surface area contributed by atoms with Crippen LogP contribution in [0.2, 0.25) is 5.02 Å². The highest BCUT2D eigenvalue weighted by Crippen LogP contribution is 2.22. The van der Waals surface area contributed by atoms with Gasteiger partial charge in [0.25, 0.3) is 0 Å². The van der Waals surface area contributed by atoms with Crippen molar-refractivity contribution < 1.29 is 9.59 Å². The van der Waals surface area contributed by atoms with Gasteiger partial charge in [0.05, 0.1) is 0 Å². The molecule has 22 heavy (non-hydrogen) atoms. The number of benzene rings is 1. The molecule has 0 fully saturated rings. The van der Waals surface area contributed by atoms with Gasteiger partial charge in [-0.1, -0.05) is 17.7 Å². The minimum absolute atomic E-state index is 0.0198. The quantitative estimate of drug-likeness (QED) is 0.837. The number of halogens is 1. The lowest BCUT2D eigenvalue weighted by molar-refractivity contribution is -0.129. The SMILES string of the molecule is CC(=O)N(CCC(=O)Nc1cccc(Cl)c1C)CCN(C)C. The molecule has 0 bridgehead atoms. The van der Waals surface area contributed by atoms with E-state index in [1.54, 1.807) is 17.0 Å². The average Bonchev–Trinajstić information content (AvgIpc) is 2.43. The number of hydrogen-bond acceptors (Lipinski definition) is 3. The first-order valence-electron chi connectivity index (χ1n) is 7.26. The van der Waals surface area contributed by atoms with Gasteiger partial charge in [-0.25, -0.2) is 0 Å². The largest absolute Gasteiger partial charge is 0.341 e. The fourth-order valence-corrected chi connectivity index (χ4v) is 2.11. The highest BCUT2D eigenvalue weighted by molar-refractivity contribution is 6.31. The minimum atomic E-state index is -0.124. The van der Waals surface area contributed by atoms with Gasteiger partial charge in [-0.3, -0.25) is 9.59 Å². The van der Waals surface area contributed by atoms with Crippen molar-refractivity contribution in [3.05, 3.63) is 28.8 Å². The van der Waals surface area contributed by atoms with E-state index in [1.807, 2.05) is 32.0 Å². The summed E-state index contributed by atoms with van der Waals surface area (Å²) in [5.74, 6) is -0.143. The fraction of sp³-hybridized carbons (Fsp3) is 0.500. The number of carbonyl (C=O) groups is 2. The molecule has 0 saturated carbocycles. The summed E-state index contributed by atoms with van der Waals surface area (Å²) in [6, 6.07) is 5.39. The zero-order valence-electron chi connectivity index (χ0n) is 13.6. The van der Waals surface area contributed by atoms with E-state index < -0.39 is 0 Å². The predicted octanol–water partition coefficient (Wildman–Crippen LogP) is 2.39. The van der Waals surface area contributed by atoms with Crippen LogP contribution in [-0.4, -0.2) is 55.3 Å². The minimum Gasteiger partial charge on any atom is -0.341 e. The molecule has 0 spiro atoms. The van der Waals surface area contributed by atoms with Crippen LogP contribution in [0.3, 0.4) is 0 Å². The zero-order chi connectivity index (χ0) is 16.7. The lowest BCUT2D eigenvalue weighted by atomic mass is 10.2. The lowest BCUT2D eigenvalue weighted by Crippen LogP contribution is -2.37. The fourth-order valence-electron chi connectivity index (χ4n) is 1.94. The maximum Gasteiger partial charge on any atom is 0.226 e. The Kier molecular flexibility index (Phi) is 7.35. The Morgan fingerprint density at radius 2 is 1.86 bits per heavy atom. The Balaban J connectivity index is 2.53. The van der Waals surface area contributed by atoms with E-state index in [1.165, 1.54) is 6.92 Å². The summed E-state index contributed by atoms with van der Waals surface area (Å²) in [5, 5.41) is 3.46. The van der Waals surface area contributed by atoms with Crippen molar-refractivity contribution in [2.24, 2.45) is 0 Å². The third-order valence-electron chi connectivity index (χ3n) is 3.41. The molecule has 0 radical (unpaired) electrons. The molecule has 1 N–H and O–H groups in total. The molecule has 0 aliphatic heterocycles. The summed E-state index contributed by atoms with van der Waals surface area (Å²) >= 11 is 6.03. The molecule has 0 heterocycles. The second-order valence-corrected chi connectivity index (χ2v) is 5.93. The van der Waals surface area contributed by atoms with Crippen LogP contribution in [0, 0.1) is 6.92 Å². The van der Waals surface area contributed by atoms with Gasteiger partial charge in [-0.2, -0.15) is 0 Å². The lowest BCUT2D eigenvalue weighted by Gasteiger charge is -2.22. The van der Waals surface area contributed by atoms with Crippen LogP contribution >= 0.6 is 11.6 Å². The Bertz CT molecular complexity index is 532. The van der Waals surface area contributed by atoms with Crippen molar-refractivity contribution in [3.63, 3.8) is 0 Å². The molecular weight excluding hydrogens is 302 g/mol. The third-order valence-corrected chi connectivity index (χ3v) is 3.82. The summed E-state index contributed by atoms with van der Waals surface area (Å²) in [6.07, 6.45) is 0.263. The zero-order valence-corrected chi connectivity index (χ0v) is 14.4. The Hall–Kier alpha value is -1.59. The number of nitrogens with zero attached hydrogens (tertiary/aromatic N) is 2. The average molecular weight is 326 g/mol. The molecule has 2 amide bonds. The Morgan fingerprint density at radius 1 is 1.18 bits per heavy atom. The summed E-state index contributed by atoms with van der Waals surface area (Å²) in [5.41, 5.74) is 1.55. The molecule has 0 aromatic heterocycles. The molecule has 1 rings (SSSR count). The van der Waals surface area contributed by atoms with E-state index in [2.05, 4.69) is 5.32 Å². The van der Waals surface area contributed by atoms with Crippen LogP contribution < -0.4 is 5.32 Å². The van der Waals surface area contributed by atoms with Crippen LogP contribution in [0.15, 0.2) is 18.2 Å². The molecule has 0 atom stereocenters. The van der Waals surface area contributed by atoms with Crippen molar-refractivity contribution in [1.29, 1.82) is 0 Å². The van der Waals surface area contributed by atoms with Gasteiger partial charge < -0.3 is 15.1 Å². The van der Waals surface area contributed by atoms with Crippen LogP contribution in [0.4, 0.5) is 5.69 Å². The Labute approximate surface area is 137 Å². The van der Waals surface area contributed by atoms with Crippen LogP contribution in [0.1, 0.15) is 18.9 Å². The van der Waals surface area contributed by atoms with Crippen molar-refractivity contribution in [3.8, 4) is 0 Å². The number of hydrogen-bond donors (Lipinski definition) is 1. The molecule has 0 saturated heterocycles. The van der Waals surface area contributed by atoms with Gasteiger partial charge >= 0.3 is 0 Å². The molecule has 122 valence electrons. The second kappa shape index (κ2) is 8.76. The van der Waals surface area contributed by atoms with E-state index in [-0.39, 0.29) is 18.2 Å². The van der Waals surface area contributed by atoms with Crippen LogP contribution in [0.5, 0.6) is 0 Å². The normalized spacial score (nSPS) is 10.6. The number of likely N-dealkylation sites (N-methyl/N-ethyl adjacent to an activating group) is 1. The number of amides is 2. The summed E-state index contributed by atoms with van der Waals surface area (Å²) in [6.45, 7) is 5.18. The number of nitrogens with one attached hydrogen (secondary N) is 1. The standard InChI is InChI=1S/C16H24ClN3O2/c1-12-14(17)6-5-7-15(12)18-16(22)8-9-20(13(2)21)11-10-19(3)4/h5-7H,8-11H2,1-4H3,(H,18,22). The summed E-state index contributed by atoms with van der Waals surface area (Å²) < 4.78 is 0. The van der Waals surface area contributed by atoms with Gasteiger partial charge in [0.15, 0.2) is 0 Å². The summed E-state index contributed by atoms with van der Waals surface area (Å²) in [7, 11) is 3.90. The monoisotopic (exact) mass is 325 g/mol. The van der Waals surface area contributed by atoms with Gasteiger partial charge in [-0.15, -0.1) is 0 Å². The smallest absolute Gasteiger partial charge is 0.226 e. The Morgan fingerprint density at radius 3 is 2.45 bits per heavy atom. The molecular formula is C16H24ClN3O2. The van der Waals surface area contributed by atoms with E-state index >= 15 is 0 Å². The highest BCUT2D eigenvalue weighted by Gasteiger charge is 2.12. The molecule has 0 aliphatic carbocycles. The first kappa shape index (κ1) is 18.5. The van der Waals surface area contributed by atoms with Gasteiger partial charge in [0, 0.05) is 43.7 Å². The van der Waals surface area contributed by atoms with Gasteiger partial charge in [0.2, 0.25) is 11.8 Å². The molecule has 1 aromatic rings. The topological polar surface area (TPSA) is 52.7 Å². The van der Waals surface area contributed by atoms with Crippen LogP contribution in [0.25, 0.3) is 0 Å². The van der Waals surface area contributed by atoms with Crippen molar-refractivity contribution in [2.45, 2.75) is 20.3 Å². The summed E-state index contributed by atoms with van der Waals surface area (Å²) in [4.78, 5) is 27.3. The molecule has 5 nitrogen and oxygen atoms in total. The molecule has 6 heteroatoms. The van der Waals surface area contributed by atoms with Crippen molar-refractivity contribution in [2.75, 3.05) is 39.0 Å². The van der Waals surface area contributed by atoms with Crippen LogP contribution in [-0.2, 0) is 9.59 Å². The van der Waals surface area contributed by atoms with Crippen molar-refractivity contribution in [1.82, 2.24) is 9.80 Å². The maximum absolute atomic E-state index is 12.0. The number of carbonyl (C=O) groups excluding carboxylic acids is 2. The van der Waals surface area contributed by atoms with E-state index in [4.69, 9.17) is 11.6 Å². The van der Waals surface area contributed by atoms with E-state index in [0.717, 1.165) is 12.1 Å². The molecule has 0 unspecified atom stereocenters. The third kappa shape index (κ3) is 6.03. The number of rotatable bonds is 7. The number of anilines is 1. The predicted molar refractivity (Wildman–Crippen MR) is 90.2 cm³/mol. The van der Waals surface area contributed by atoms with Gasteiger partial charge in [0.1, 0.15) is 0 Å². The molecule has 1 aromatic carbocycles. The maximum atomic E-state index is 12.0. The second-order valence-electron chi connectivity index (χ2n) is 5.52. The van der Waals surface area contributed by atoms with E-state index in [9.17, 15) is 9.59 Å². The van der Waals surface area contributed by atoms with E-state index in [0.29, 0.717) is 23.8 Å². The highest BCUT2D eigenvalue weighted by atomic mass is 35.5. The molecule has 0 aliphatic rings. The van der Waals surface area contributed by atoms with Crippen molar-refractivity contribution >= 4 is 29.1 Å².